The van der Waals surface area contributed by atoms with Gasteiger partial charge in [0, 0.05) is 54.3 Å². The minimum Gasteiger partial charge on any atom is -0.460 e. The van der Waals surface area contributed by atoms with Gasteiger partial charge in [-0.1, -0.05) is 66.7 Å². The normalized spacial score (nSPS) is 44.9. The summed E-state index contributed by atoms with van der Waals surface area (Å²) in [6.45, 7) is 17.3. The van der Waals surface area contributed by atoms with Crippen LogP contribution in [0.3, 0.4) is 0 Å². The molecule has 528 valence electrons. The molecule has 1 aromatic rings. The number of hydrogen-bond acceptors (Lipinski definition) is 26. The van der Waals surface area contributed by atoms with Crippen molar-refractivity contribution >= 4 is 45.8 Å². The molecule has 6 bridgehead atoms. The van der Waals surface area contributed by atoms with Crippen LogP contribution in [0.1, 0.15) is 185 Å². The summed E-state index contributed by atoms with van der Waals surface area (Å²) in [6, 6.07) is 6.91. The Bertz CT molecular complexity index is 3220. The monoisotopic (exact) mass is 1360 g/mol. The van der Waals surface area contributed by atoms with Crippen LogP contribution in [0.5, 0.6) is 0 Å². The fourth-order valence-electron chi connectivity index (χ4n) is 18.4. The molecule has 0 radical (unpaired) electrons. The number of carbonyl (C=O) groups is 6. The maximum absolute atomic E-state index is 14.4. The predicted octanol–water partition coefficient (Wildman–Crippen LogP) is 8.28. The smallest absolute Gasteiger partial charge is 0.308 e. The maximum atomic E-state index is 14.4. The van der Waals surface area contributed by atoms with Crippen LogP contribution in [-0.2, 0) is 125 Å². The average molecular weight is 1360 g/mol. The third kappa shape index (κ3) is 12.2. The van der Waals surface area contributed by atoms with Crippen molar-refractivity contribution in [1.29, 1.82) is 0 Å². The van der Waals surface area contributed by atoms with Crippen molar-refractivity contribution in [1.82, 2.24) is 4.72 Å². The number of esters is 6. The maximum Gasteiger partial charge on any atom is 0.308 e. The zero-order chi connectivity index (χ0) is 67.5. The Labute approximate surface area is 553 Å². The summed E-state index contributed by atoms with van der Waals surface area (Å²) in [4.78, 5) is 120. The number of sulfonamides is 1. The van der Waals surface area contributed by atoms with Crippen molar-refractivity contribution in [2.45, 2.75) is 267 Å². The van der Waals surface area contributed by atoms with E-state index in [4.69, 9.17) is 86.2 Å². The van der Waals surface area contributed by atoms with Gasteiger partial charge in [0.2, 0.25) is 52.0 Å². The Morgan fingerprint density at radius 2 is 0.895 bits per heavy atom. The summed E-state index contributed by atoms with van der Waals surface area (Å²) in [5.74, 6) is -9.92. The number of carbonyl (C=O) groups excluding carboxylic acids is 6. The van der Waals surface area contributed by atoms with Crippen molar-refractivity contribution in [3.63, 3.8) is 0 Å². The topological polar surface area (TPSA) is 315 Å². The van der Waals surface area contributed by atoms with E-state index in [-0.39, 0.29) is 58.2 Å². The number of benzene rings is 1. The fraction of sp³-hybridized carbons (Fsp3) is 0.821. The lowest BCUT2D eigenvalue weighted by Crippen LogP contribution is -2.74. The molecule has 12 aliphatic heterocycles. The van der Waals surface area contributed by atoms with Crippen molar-refractivity contribution < 1.29 is 123 Å². The van der Waals surface area contributed by atoms with E-state index in [1.54, 1.807) is 26.8 Å². The van der Waals surface area contributed by atoms with E-state index in [2.05, 4.69) is 32.4 Å². The lowest BCUT2D eigenvalue weighted by Gasteiger charge is -2.65. The number of fused-ring (bicyclic) bond motifs is 6. The highest BCUT2D eigenvalue weighted by Gasteiger charge is 2.76. The lowest BCUT2D eigenvalue weighted by atomic mass is 9.50. The van der Waals surface area contributed by atoms with Gasteiger partial charge in [0.05, 0.1) is 43.4 Å². The van der Waals surface area contributed by atoms with E-state index in [0.717, 1.165) is 44.9 Å². The van der Waals surface area contributed by atoms with Gasteiger partial charge in [0.1, 0.15) is 13.2 Å². The van der Waals surface area contributed by atoms with E-state index in [9.17, 15) is 37.2 Å². The predicted molar refractivity (Wildman–Crippen MR) is 319 cm³/mol. The molecule has 1 N–H and O–H groups in total. The summed E-state index contributed by atoms with van der Waals surface area (Å²) < 4.78 is 105. The Morgan fingerprint density at radius 1 is 0.474 bits per heavy atom. The zero-order valence-electron chi connectivity index (χ0n) is 55.9. The van der Waals surface area contributed by atoms with Gasteiger partial charge in [-0.15, -0.1) is 0 Å². The third-order valence-electron chi connectivity index (χ3n) is 24.0. The second-order valence-electron chi connectivity index (χ2n) is 30.1. The Morgan fingerprint density at radius 3 is 1.40 bits per heavy atom. The standard InChI is InChI=1S/C67H93NO26S/c1-36-16-18-46-39(4)54(82-57-65(46)43(36)27-31-61(8,86-57)89-92-65)79-50(71)22-20-48(69)77-34-64(68-95(75,76)42-14-12-11-13-15-42,85-53(74)25-24-51(72)80-55-40(5)47-19-17-37(2)44-28-32-62(9)87-58(83-55)66(44,47)93-90-62)35-78-49(70)21-23-52(73)81-56-41(6)60(7)30-26-38(3)45-29-33-63(10)88-59(84-56)67(45,60)94-91-63/h11-15,36-41,43-47,54-59,68H,16-35H2,1-10H3/t36-,37-,38-,39-,40-,41+,43+,44+,45+,46+,47+,54-,55-,56-,57-,58-,59-,60+,61+,62+,63+,64?,65-,66-,67+/m1/s1. The van der Waals surface area contributed by atoms with Crippen molar-refractivity contribution in [3.8, 4) is 0 Å². The molecule has 95 heavy (non-hydrogen) atoms. The minimum absolute atomic E-state index is 0.0233. The molecule has 27 nitrogen and oxygen atoms in total. The minimum atomic E-state index is -4.78. The van der Waals surface area contributed by atoms with Crippen LogP contribution in [0, 0.1) is 70.5 Å². The lowest BCUT2D eigenvalue weighted by molar-refractivity contribution is -0.586. The average Bonchev–Trinajstić information content (AvgIpc) is 1.69. The van der Waals surface area contributed by atoms with Crippen molar-refractivity contribution in [3.05, 3.63) is 30.3 Å². The third-order valence-corrected chi connectivity index (χ3v) is 25.6. The fourth-order valence-corrected chi connectivity index (χ4v) is 19.7. The largest absolute Gasteiger partial charge is 0.460 e. The number of rotatable bonds is 20. The first-order valence-electron chi connectivity index (χ1n) is 34.3. The van der Waals surface area contributed by atoms with E-state index in [0.29, 0.717) is 32.1 Å². The highest BCUT2D eigenvalue weighted by molar-refractivity contribution is 7.89. The van der Waals surface area contributed by atoms with Crippen LogP contribution < -0.4 is 4.72 Å². The molecular weight excluding hydrogens is 1270 g/mol. The van der Waals surface area contributed by atoms with E-state index in [1.807, 2.05) is 20.8 Å². The molecular formula is C67H93NO26S. The number of hydrogen-bond donors (Lipinski definition) is 1. The Balaban J connectivity index is 0.694. The van der Waals surface area contributed by atoms with Crippen LogP contribution in [0.4, 0.5) is 0 Å². The molecule has 28 heteroatoms. The van der Waals surface area contributed by atoms with Crippen LogP contribution in [-0.4, -0.2) is 135 Å². The number of ether oxygens (including phenoxy) is 12. The van der Waals surface area contributed by atoms with Gasteiger partial charge in [-0.25, -0.2) is 37.7 Å². The summed E-state index contributed by atoms with van der Waals surface area (Å²) in [7, 11) is -4.78. The quantitative estimate of drug-likeness (QED) is 0.0555. The molecule has 0 aromatic heterocycles. The van der Waals surface area contributed by atoms with Gasteiger partial charge in [-0.3, -0.25) is 28.8 Å². The first-order chi connectivity index (χ1) is 45.0. The van der Waals surface area contributed by atoms with Gasteiger partial charge in [-0.05, 0) is 126 Å². The second-order valence-corrected chi connectivity index (χ2v) is 31.8. The number of nitrogens with one attached hydrogen (secondary N) is 1. The van der Waals surface area contributed by atoms with E-state index < -0.39 is 192 Å². The van der Waals surface area contributed by atoms with Crippen LogP contribution in [0.25, 0.3) is 0 Å². The SMILES string of the molecule is C[C@H]1[C@H](OC(=O)CCC(=O)OCC(COC(=O)CCC(=O)O[C@@H]2O[C@@H]3O[C@]4(C)CC[C@H]5[C@H](C)CC[C@@](C)([C@H]2C)[C@@]35OO4)(NS(=O)(=O)c2ccccc2)OC(=O)CCC(=O)O[C@@H]2O[C@@H]3O[C@]4(C)CC[C@H]5[C@H](C)CC[C@@H]([C@H]2C)[C@@]35OO4)O[C@@H]2O[C@]3(C)CC[C@H]4[C@H](C)CC[C@@H]1[C@@]24OO3. The summed E-state index contributed by atoms with van der Waals surface area (Å²) in [6.07, 6.45) is -1.05. The molecule has 12 heterocycles. The molecule has 15 fully saturated rings. The zero-order valence-corrected chi connectivity index (χ0v) is 56.7. The summed E-state index contributed by atoms with van der Waals surface area (Å²) >= 11 is 0. The molecule has 1 unspecified atom stereocenters. The molecule has 0 amide bonds. The molecule has 12 saturated heterocycles. The molecule has 3 aliphatic carbocycles. The Kier molecular flexibility index (Phi) is 18.6. The molecule has 16 rings (SSSR count). The Hall–Kier alpha value is -4.53. The van der Waals surface area contributed by atoms with Gasteiger partial charge in [-0.2, -0.15) is 4.72 Å². The van der Waals surface area contributed by atoms with Gasteiger partial charge in [0.25, 0.3) is 0 Å². The molecule has 1 aromatic carbocycles. The van der Waals surface area contributed by atoms with Crippen molar-refractivity contribution in [2.75, 3.05) is 13.2 Å². The van der Waals surface area contributed by atoms with Crippen LogP contribution in [0.2, 0.25) is 0 Å². The summed E-state index contributed by atoms with van der Waals surface area (Å²) in [5.41, 5.74) is -6.28. The van der Waals surface area contributed by atoms with Crippen LogP contribution >= 0.6 is 0 Å². The van der Waals surface area contributed by atoms with Gasteiger partial charge < -0.3 is 56.8 Å². The van der Waals surface area contributed by atoms with E-state index >= 15 is 0 Å². The van der Waals surface area contributed by atoms with Gasteiger partial charge >= 0.3 is 35.8 Å². The first-order valence-corrected chi connectivity index (χ1v) is 35.8. The first kappa shape index (κ1) is 69.0. The van der Waals surface area contributed by atoms with Crippen molar-refractivity contribution in [2.24, 2.45) is 70.5 Å². The highest BCUT2D eigenvalue weighted by atomic mass is 32.2. The summed E-state index contributed by atoms with van der Waals surface area (Å²) in [5, 5.41) is 0. The molecule has 3 spiro atoms. The van der Waals surface area contributed by atoms with Gasteiger partial charge in [0.15, 0.2) is 35.7 Å². The van der Waals surface area contributed by atoms with Crippen LogP contribution in [0.15, 0.2) is 35.2 Å². The second kappa shape index (κ2) is 25.6. The van der Waals surface area contributed by atoms with E-state index in [1.165, 1.54) is 24.3 Å². The molecule has 3 saturated carbocycles. The molecule has 25 atom stereocenters. The highest BCUT2D eigenvalue weighted by Crippen LogP contribution is 2.67. The molecule has 15 aliphatic rings.